The minimum atomic E-state index is 0.0664. The Morgan fingerprint density at radius 1 is 1.00 bits per heavy atom. The molecule has 0 spiro atoms. The van der Waals surface area contributed by atoms with E-state index in [1.807, 2.05) is 12.1 Å². The maximum Gasteiger partial charge on any atom is 0.0406 e. The second-order valence-electron chi connectivity index (χ2n) is 6.03. The Labute approximate surface area is 133 Å². The minimum Gasteiger partial charge on any atom is -0.313 e. The molecule has 0 amide bonds. The van der Waals surface area contributed by atoms with E-state index in [1.165, 1.54) is 11.1 Å². The Bertz CT molecular complexity index is 546. The number of halogens is 1. The standard InChI is InChI=1S/C19H24ClN/c1-4-21-18(14-15-10-12-17(20)13-11-15)19(2,3)16-8-6-5-7-9-16/h5-13,18,21H,4,14H2,1-3H3. The van der Waals surface area contributed by atoms with Crippen LogP contribution in [0.5, 0.6) is 0 Å². The fourth-order valence-corrected chi connectivity index (χ4v) is 2.88. The highest BCUT2D eigenvalue weighted by Crippen LogP contribution is 2.29. The first-order chi connectivity index (χ1) is 10.0. The topological polar surface area (TPSA) is 12.0 Å². The van der Waals surface area contributed by atoms with Gasteiger partial charge in [0.2, 0.25) is 0 Å². The molecule has 1 N–H and O–H groups in total. The second-order valence-corrected chi connectivity index (χ2v) is 6.47. The number of hydrogen-bond donors (Lipinski definition) is 1. The predicted octanol–water partition coefficient (Wildman–Crippen LogP) is 4.84. The van der Waals surface area contributed by atoms with Gasteiger partial charge in [-0.1, -0.05) is 74.8 Å². The number of rotatable bonds is 6. The smallest absolute Gasteiger partial charge is 0.0406 e. The zero-order valence-electron chi connectivity index (χ0n) is 13.1. The average Bonchev–Trinajstić information content (AvgIpc) is 2.50. The maximum absolute atomic E-state index is 5.98. The molecule has 0 radical (unpaired) electrons. The van der Waals surface area contributed by atoms with Gasteiger partial charge >= 0.3 is 0 Å². The Hall–Kier alpha value is -1.31. The van der Waals surface area contributed by atoms with Gasteiger partial charge in [-0.25, -0.2) is 0 Å². The van der Waals surface area contributed by atoms with Gasteiger partial charge in [0.25, 0.3) is 0 Å². The summed E-state index contributed by atoms with van der Waals surface area (Å²) in [5, 5.41) is 4.44. The fraction of sp³-hybridized carbons (Fsp3) is 0.368. The number of benzene rings is 2. The molecule has 0 saturated carbocycles. The third kappa shape index (κ3) is 4.09. The van der Waals surface area contributed by atoms with Crippen molar-refractivity contribution < 1.29 is 0 Å². The molecule has 0 bridgehead atoms. The lowest BCUT2D eigenvalue weighted by atomic mass is 9.75. The van der Waals surface area contributed by atoms with Crippen molar-refractivity contribution in [2.75, 3.05) is 6.54 Å². The van der Waals surface area contributed by atoms with Crippen LogP contribution in [-0.4, -0.2) is 12.6 Å². The zero-order chi connectivity index (χ0) is 15.3. The predicted molar refractivity (Wildman–Crippen MR) is 92.1 cm³/mol. The SMILES string of the molecule is CCNC(Cc1ccc(Cl)cc1)C(C)(C)c1ccccc1. The fourth-order valence-electron chi connectivity index (χ4n) is 2.75. The number of nitrogens with one attached hydrogen (secondary N) is 1. The van der Waals surface area contributed by atoms with Crippen LogP contribution < -0.4 is 5.32 Å². The first kappa shape index (κ1) is 16.1. The normalized spacial score (nSPS) is 13.1. The van der Waals surface area contributed by atoms with Crippen LogP contribution in [0.15, 0.2) is 54.6 Å². The van der Waals surface area contributed by atoms with E-state index in [0.29, 0.717) is 6.04 Å². The van der Waals surface area contributed by atoms with Crippen LogP contribution in [0, 0.1) is 0 Å². The third-order valence-electron chi connectivity index (χ3n) is 4.19. The molecule has 0 heterocycles. The Morgan fingerprint density at radius 3 is 2.19 bits per heavy atom. The molecule has 0 aromatic heterocycles. The van der Waals surface area contributed by atoms with E-state index >= 15 is 0 Å². The highest BCUT2D eigenvalue weighted by atomic mass is 35.5. The summed E-state index contributed by atoms with van der Waals surface area (Å²) in [6.07, 6.45) is 0.993. The van der Waals surface area contributed by atoms with Gasteiger partial charge in [0.15, 0.2) is 0 Å². The van der Waals surface area contributed by atoms with Crippen LogP contribution in [0.1, 0.15) is 31.9 Å². The van der Waals surface area contributed by atoms with Crippen LogP contribution >= 0.6 is 11.6 Å². The van der Waals surface area contributed by atoms with Crippen molar-refractivity contribution in [3.8, 4) is 0 Å². The van der Waals surface area contributed by atoms with Crippen LogP contribution in [-0.2, 0) is 11.8 Å². The van der Waals surface area contributed by atoms with E-state index in [9.17, 15) is 0 Å². The van der Waals surface area contributed by atoms with Gasteiger partial charge in [-0.2, -0.15) is 0 Å². The molecule has 0 aliphatic carbocycles. The van der Waals surface area contributed by atoms with Gasteiger partial charge in [-0.05, 0) is 36.2 Å². The van der Waals surface area contributed by atoms with Gasteiger partial charge in [0.05, 0.1) is 0 Å². The van der Waals surface area contributed by atoms with E-state index in [0.717, 1.165) is 18.0 Å². The second kappa shape index (κ2) is 7.11. The molecule has 21 heavy (non-hydrogen) atoms. The molecular formula is C19H24ClN. The van der Waals surface area contributed by atoms with Crippen molar-refractivity contribution in [2.45, 2.75) is 38.6 Å². The average molecular weight is 302 g/mol. The maximum atomic E-state index is 5.98. The van der Waals surface area contributed by atoms with Crippen LogP contribution in [0.4, 0.5) is 0 Å². The van der Waals surface area contributed by atoms with E-state index in [1.54, 1.807) is 0 Å². The Kier molecular flexibility index (Phi) is 5.44. The highest BCUT2D eigenvalue weighted by molar-refractivity contribution is 6.30. The van der Waals surface area contributed by atoms with Gasteiger partial charge < -0.3 is 5.32 Å². The van der Waals surface area contributed by atoms with Gasteiger partial charge in [-0.3, -0.25) is 0 Å². The molecular weight excluding hydrogens is 278 g/mol. The summed E-state index contributed by atoms with van der Waals surface area (Å²) in [5.41, 5.74) is 2.75. The summed E-state index contributed by atoms with van der Waals surface area (Å²) in [4.78, 5) is 0. The zero-order valence-corrected chi connectivity index (χ0v) is 13.8. The van der Waals surface area contributed by atoms with Crippen LogP contribution in [0.25, 0.3) is 0 Å². The van der Waals surface area contributed by atoms with E-state index in [-0.39, 0.29) is 5.41 Å². The Balaban J connectivity index is 2.23. The molecule has 1 unspecified atom stereocenters. The molecule has 2 aromatic rings. The van der Waals surface area contributed by atoms with Crippen LogP contribution in [0.3, 0.4) is 0 Å². The van der Waals surface area contributed by atoms with Crippen molar-refractivity contribution in [2.24, 2.45) is 0 Å². The van der Waals surface area contributed by atoms with E-state index < -0.39 is 0 Å². The molecule has 0 aliphatic rings. The summed E-state index contributed by atoms with van der Waals surface area (Å²) >= 11 is 5.98. The number of likely N-dealkylation sites (N-methyl/N-ethyl adjacent to an activating group) is 1. The molecule has 1 nitrogen and oxygen atoms in total. The number of hydrogen-bond acceptors (Lipinski definition) is 1. The molecule has 2 rings (SSSR count). The van der Waals surface area contributed by atoms with Gasteiger partial charge in [0.1, 0.15) is 0 Å². The van der Waals surface area contributed by atoms with E-state index in [2.05, 4.69) is 68.6 Å². The van der Waals surface area contributed by atoms with Crippen molar-refractivity contribution in [1.29, 1.82) is 0 Å². The van der Waals surface area contributed by atoms with Gasteiger partial charge in [-0.15, -0.1) is 0 Å². The monoisotopic (exact) mass is 301 g/mol. The molecule has 0 aliphatic heterocycles. The van der Waals surface area contributed by atoms with Crippen LogP contribution in [0.2, 0.25) is 5.02 Å². The van der Waals surface area contributed by atoms with Crippen molar-refractivity contribution >= 4 is 11.6 Å². The minimum absolute atomic E-state index is 0.0664. The quantitative estimate of drug-likeness (QED) is 0.805. The van der Waals surface area contributed by atoms with Crippen molar-refractivity contribution in [3.63, 3.8) is 0 Å². The molecule has 0 fully saturated rings. The summed E-state index contributed by atoms with van der Waals surface area (Å²) < 4.78 is 0. The molecule has 112 valence electrons. The Morgan fingerprint density at radius 2 is 1.62 bits per heavy atom. The highest BCUT2D eigenvalue weighted by Gasteiger charge is 2.30. The molecule has 2 heteroatoms. The lowest BCUT2D eigenvalue weighted by Gasteiger charge is -2.36. The molecule has 1 atom stereocenters. The molecule has 0 saturated heterocycles. The lowest BCUT2D eigenvalue weighted by molar-refractivity contribution is 0.343. The van der Waals surface area contributed by atoms with Gasteiger partial charge in [0, 0.05) is 16.5 Å². The summed E-state index contributed by atoms with van der Waals surface area (Å²) in [5.74, 6) is 0. The lowest BCUT2D eigenvalue weighted by Crippen LogP contribution is -2.46. The third-order valence-corrected chi connectivity index (χ3v) is 4.44. The van der Waals surface area contributed by atoms with Crippen molar-refractivity contribution in [1.82, 2.24) is 5.32 Å². The molecule has 2 aromatic carbocycles. The van der Waals surface area contributed by atoms with E-state index in [4.69, 9.17) is 11.6 Å². The summed E-state index contributed by atoms with van der Waals surface area (Å²) in [6, 6.07) is 19.3. The first-order valence-electron chi connectivity index (χ1n) is 7.57. The first-order valence-corrected chi connectivity index (χ1v) is 7.95. The largest absolute Gasteiger partial charge is 0.313 e. The summed E-state index contributed by atoms with van der Waals surface area (Å²) in [6.45, 7) is 7.75. The summed E-state index contributed by atoms with van der Waals surface area (Å²) in [7, 11) is 0. The van der Waals surface area contributed by atoms with Crippen molar-refractivity contribution in [3.05, 3.63) is 70.7 Å².